The highest BCUT2D eigenvalue weighted by molar-refractivity contribution is 7.89. The van der Waals surface area contributed by atoms with Crippen LogP contribution in [-0.4, -0.2) is 36.2 Å². The minimum Gasteiger partial charge on any atom is -0.301 e. The molecular formula is C27H24ClN3O3S2. The molecule has 0 spiro atoms. The number of anilines is 1. The van der Waals surface area contributed by atoms with Crippen LogP contribution >= 0.6 is 22.9 Å². The summed E-state index contributed by atoms with van der Waals surface area (Å²) in [6.45, 7) is 0.293. The van der Waals surface area contributed by atoms with Crippen molar-refractivity contribution in [1.82, 2.24) is 9.29 Å². The van der Waals surface area contributed by atoms with Crippen molar-refractivity contribution in [3.05, 3.63) is 100 Å². The van der Waals surface area contributed by atoms with Gasteiger partial charge in [0.05, 0.1) is 10.6 Å². The Bertz CT molecular complexity index is 1450. The predicted molar refractivity (Wildman–Crippen MR) is 144 cm³/mol. The third-order valence-corrected chi connectivity index (χ3v) is 9.09. The molecule has 1 unspecified atom stereocenters. The van der Waals surface area contributed by atoms with Crippen molar-refractivity contribution in [2.45, 2.75) is 30.2 Å². The van der Waals surface area contributed by atoms with Gasteiger partial charge in [-0.1, -0.05) is 66.2 Å². The fraction of sp³-hybridized carbons (Fsp3) is 0.185. The van der Waals surface area contributed by atoms with Gasteiger partial charge >= 0.3 is 0 Å². The minimum atomic E-state index is -3.81. The van der Waals surface area contributed by atoms with Crippen LogP contribution in [0.1, 0.15) is 24.0 Å². The van der Waals surface area contributed by atoms with Crippen LogP contribution in [0.5, 0.6) is 0 Å². The summed E-state index contributed by atoms with van der Waals surface area (Å²) in [4.78, 5) is 17.7. The molecule has 4 aromatic rings. The first kappa shape index (κ1) is 24.6. The summed E-state index contributed by atoms with van der Waals surface area (Å²) in [6.07, 6.45) is 1.93. The van der Waals surface area contributed by atoms with E-state index in [1.165, 1.54) is 51.0 Å². The van der Waals surface area contributed by atoms with Crippen LogP contribution in [0.15, 0.2) is 89.1 Å². The molecule has 0 aliphatic carbocycles. The summed E-state index contributed by atoms with van der Waals surface area (Å²) in [7, 11) is -3.81. The zero-order valence-corrected chi connectivity index (χ0v) is 21.7. The van der Waals surface area contributed by atoms with Gasteiger partial charge in [-0.2, -0.15) is 4.31 Å². The van der Waals surface area contributed by atoms with Crippen LogP contribution in [0.25, 0.3) is 11.3 Å². The number of benzene rings is 3. The summed E-state index contributed by atoms with van der Waals surface area (Å²) in [5, 5.41) is 5.61. The first-order valence-electron chi connectivity index (χ1n) is 11.6. The zero-order chi connectivity index (χ0) is 25.1. The SMILES string of the molecule is O=C(Nc1nc(-c2ccc(Cc3ccccc3)cc2)cs1)C1CCCN1S(=O)(=O)c1ccc(Cl)cc1. The molecule has 5 rings (SSSR count). The molecule has 1 amide bonds. The Kier molecular flexibility index (Phi) is 7.20. The van der Waals surface area contributed by atoms with Gasteiger partial charge in [0, 0.05) is 22.5 Å². The van der Waals surface area contributed by atoms with Gasteiger partial charge in [-0.25, -0.2) is 13.4 Å². The Labute approximate surface area is 219 Å². The van der Waals surface area contributed by atoms with E-state index in [1.807, 2.05) is 35.7 Å². The molecule has 0 saturated carbocycles. The molecule has 1 fully saturated rings. The minimum absolute atomic E-state index is 0.124. The van der Waals surface area contributed by atoms with Crippen molar-refractivity contribution in [1.29, 1.82) is 0 Å². The molecule has 2 heterocycles. The summed E-state index contributed by atoms with van der Waals surface area (Å²) in [5.74, 6) is -0.371. The second-order valence-corrected chi connectivity index (χ2v) is 11.8. The Hall–Kier alpha value is -3.04. The van der Waals surface area contributed by atoms with Crippen molar-refractivity contribution in [2.24, 2.45) is 0 Å². The molecule has 1 N–H and O–H groups in total. The quantitative estimate of drug-likeness (QED) is 0.321. The molecular weight excluding hydrogens is 514 g/mol. The Morgan fingerprint density at radius 3 is 2.42 bits per heavy atom. The topological polar surface area (TPSA) is 79.4 Å². The number of amides is 1. The number of nitrogens with one attached hydrogen (secondary N) is 1. The van der Waals surface area contributed by atoms with E-state index in [1.54, 1.807) is 0 Å². The first-order valence-corrected chi connectivity index (χ1v) is 14.3. The van der Waals surface area contributed by atoms with Gasteiger partial charge in [0.2, 0.25) is 15.9 Å². The van der Waals surface area contributed by atoms with Gasteiger partial charge in [-0.3, -0.25) is 4.79 Å². The van der Waals surface area contributed by atoms with E-state index >= 15 is 0 Å². The lowest BCUT2D eigenvalue weighted by Gasteiger charge is -2.23. The monoisotopic (exact) mass is 537 g/mol. The van der Waals surface area contributed by atoms with Crippen LogP contribution in [0.2, 0.25) is 5.02 Å². The number of aromatic nitrogens is 1. The van der Waals surface area contributed by atoms with E-state index < -0.39 is 16.1 Å². The number of carbonyl (C=O) groups excluding carboxylic acids is 1. The maximum Gasteiger partial charge on any atom is 0.244 e. The van der Waals surface area contributed by atoms with Gasteiger partial charge in [0.1, 0.15) is 6.04 Å². The van der Waals surface area contributed by atoms with E-state index in [2.05, 4.69) is 34.6 Å². The van der Waals surface area contributed by atoms with Crippen LogP contribution in [0.4, 0.5) is 5.13 Å². The third kappa shape index (κ3) is 5.37. The van der Waals surface area contributed by atoms with Crippen molar-refractivity contribution < 1.29 is 13.2 Å². The lowest BCUT2D eigenvalue weighted by atomic mass is 10.0. The molecule has 1 aromatic heterocycles. The predicted octanol–water partition coefficient (Wildman–Crippen LogP) is 5.85. The fourth-order valence-corrected chi connectivity index (χ4v) is 6.81. The lowest BCUT2D eigenvalue weighted by molar-refractivity contribution is -0.119. The molecule has 1 aliphatic heterocycles. The second kappa shape index (κ2) is 10.5. The Morgan fingerprint density at radius 2 is 1.69 bits per heavy atom. The van der Waals surface area contributed by atoms with Crippen molar-refractivity contribution >= 4 is 44.0 Å². The van der Waals surface area contributed by atoms with E-state index in [9.17, 15) is 13.2 Å². The number of sulfonamides is 1. The molecule has 184 valence electrons. The van der Waals surface area contributed by atoms with E-state index in [-0.39, 0.29) is 10.8 Å². The number of carbonyl (C=O) groups is 1. The van der Waals surface area contributed by atoms with E-state index in [0.29, 0.717) is 29.5 Å². The molecule has 36 heavy (non-hydrogen) atoms. The standard InChI is InChI=1S/C27H24ClN3O3S2/c28-22-12-14-23(15-13-22)36(33,34)31-16-4-7-25(31)26(32)30-27-29-24(18-35-27)21-10-8-20(9-11-21)17-19-5-2-1-3-6-19/h1-3,5-6,8-15,18,25H,4,7,16-17H2,(H,29,30,32). The zero-order valence-electron chi connectivity index (χ0n) is 19.3. The molecule has 1 saturated heterocycles. The molecule has 1 aliphatic rings. The summed E-state index contributed by atoms with van der Waals surface area (Å²) in [5.41, 5.74) is 4.18. The number of rotatable bonds is 7. The highest BCUT2D eigenvalue weighted by Gasteiger charge is 2.39. The average Bonchev–Trinajstić information content (AvgIpc) is 3.56. The fourth-order valence-electron chi connectivity index (χ4n) is 4.31. The molecule has 0 bridgehead atoms. The van der Waals surface area contributed by atoms with Crippen LogP contribution in [-0.2, 0) is 21.2 Å². The summed E-state index contributed by atoms with van der Waals surface area (Å²) >= 11 is 7.22. The summed E-state index contributed by atoms with van der Waals surface area (Å²) in [6, 6.07) is 23.7. The summed E-state index contributed by atoms with van der Waals surface area (Å²) < 4.78 is 27.5. The molecule has 6 nitrogen and oxygen atoms in total. The van der Waals surface area contributed by atoms with Gasteiger partial charge in [-0.15, -0.1) is 11.3 Å². The Balaban J connectivity index is 1.26. The number of hydrogen-bond donors (Lipinski definition) is 1. The smallest absolute Gasteiger partial charge is 0.244 e. The second-order valence-electron chi connectivity index (χ2n) is 8.61. The van der Waals surface area contributed by atoms with Gasteiger partial charge in [0.15, 0.2) is 5.13 Å². The maximum atomic E-state index is 13.1. The first-order chi connectivity index (χ1) is 17.4. The molecule has 9 heteroatoms. The lowest BCUT2D eigenvalue weighted by Crippen LogP contribution is -2.43. The molecule has 1 atom stereocenters. The van der Waals surface area contributed by atoms with Crippen LogP contribution < -0.4 is 5.32 Å². The number of nitrogens with zero attached hydrogens (tertiary/aromatic N) is 2. The highest BCUT2D eigenvalue weighted by Crippen LogP contribution is 2.30. The molecule has 0 radical (unpaired) electrons. The molecule has 3 aromatic carbocycles. The van der Waals surface area contributed by atoms with Crippen molar-refractivity contribution in [3.8, 4) is 11.3 Å². The van der Waals surface area contributed by atoms with Gasteiger partial charge in [0.25, 0.3) is 0 Å². The average molecular weight is 538 g/mol. The van der Waals surface area contributed by atoms with E-state index in [4.69, 9.17) is 11.6 Å². The van der Waals surface area contributed by atoms with Crippen LogP contribution in [0, 0.1) is 0 Å². The number of halogens is 1. The highest BCUT2D eigenvalue weighted by atomic mass is 35.5. The normalized spacial score (nSPS) is 16.2. The third-order valence-electron chi connectivity index (χ3n) is 6.16. The Morgan fingerprint density at radius 1 is 1.00 bits per heavy atom. The van der Waals surface area contributed by atoms with Crippen molar-refractivity contribution in [3.63, 3.8) is 0 Å². The number of thiazole rings is 1. The van der Waals surface area contributed by atoms with Gasteiger partial charge < -0.3 is 5.32 Å². The van der Waals surface area contributed by atoms with Gasteiger partial charge in [-0.05, 0) is 54.7 Å². The van der Waals surface area contributed by atoms with Crippen molar-refractivity contribution in [2.75, 3.05) is 11.9 Å². The largest absolute Gasteiger partial charge is 0.301 e. The van der Waals surface area contributed by atoms with E-state index in [0.717, 1.165) is 17.7 Å². The van der Waals surface area contributed by atoms with Crippen LogP contribution in [0.3, 0.4) is 0 Å². The maximum absolute atomic E-state index is 13.1. The number of hydrogen-bond acceptors (Lipinski definition) is 5.